The van der Waals surface area contributed by atoms with E-state index in [9.17, 15) is 14.0 Å². The average molecular weight is 388 g/mol. The Hall–Kier alpha value is -2.77. The zero-order valence-electron chi connectivity index (χ0n) is 16.2. The number of piperidine rings is 1. The van der Waals surface area contributed by atoms with Crippen molar-refractivity contribution in [2.45, 2.75) is 46.2 Å². The summed E-state index contributed by atoms with van der Waals surface area (Å²) in [6.45, 7) is 5.02. The fourth-order valence-corrected chi connectivity index (χ4v) is 3.36. The number of carbonyl (C=O) groups excluding carboxylic acids is 2. The fraction of sp³-hybridized carbons (Fsp3) is 0.500. The molecular weight excluding hydrogens is 363 g/mol. The minimum Gasteiger partial charge on any atom is -0.423 e. The van der Waals surface area contributed by atoms with Gasteiger partial charge in [-0.2, -0.15) is 0 Å². The smallest absolute Gasteiger partial charge is 0.235 e. The van der Waals surface area contributed by atoms with Crippen LogP contribution in [0.15, 0.2) is 28.7 Å². The van der Waals surface area contributed by atoms with E-state index in [2.05, 4.69) is 10.2 Å². The molecule has 1 saturated heterocycles. The minimum absolute atomic E-state index is 0.0511. The van der Waals surface area contributed by atoms with Crippen molar-refractivity contribution in [2.75, 3.05) is 13.1 Å². The second-order valence-electron chi connectivity index (χ2n) is 6.90. The molecular formula is C20H25FN4O3. The molecule has 2 aromatic rings. The molecule has 1 aliphatic rings. The molecule has 0 bridgehead atoms. The lowest BCUT2D eigenvalue weighted by Crippen LogP contribution is -2.46. The van der Waals surface area contributed by atoms with E-state index in [-0.39, 0.29) is 49.6 Å². The molecule has 0 radical (unpaired) electrons. The van der Waals surface area contributed by atoms with Gasteiger partial charge in [0, 0.05) is 38.0 Å². The first-order valence-corrected chi connectivity index (χ1v) is 9.63. The van der Waals surface area contributed by atoms with Gasteiger partial charge in [-0.15, -0.1) is 10.2 Å². The highest BCUT2D eigenvalue weighted by Gasteiger charge is 2.33. The summed E-state index contributed by atoms with van der Waals surface area (Å²) in [5.41, 5.74) is 0.453. The molecule has 0 aliphatic carbocycles. The molecule has 0 N–H and O–H groups in total. The molecule has 7 nitrogen and oxygen atoms in total. The Labute approximate surface area is 163 Å². The standard InChI is InChI=1S/C20H25FN4O3/c1-3-17-22-23-18(28-17)13-24(4-2)20(27)15-9-10-19(26)25(12-15)11-14-7-5-6-8-16(14)21/h5-8,15H,3-4,9-13H2,1-2H3/t15-/m0/s1. The second-order valence-corrected chi connectivity index (χ2v) is 6.90. The monoisotopic (exact) mass is 388 g/mol. The number of hydrogen-bond donors (Lipinski definition) is 0. The van der Waals surface area contributed by atoms with E-state index in [0.717, 1.165) is 0 Å². The van der Waals surface area contributed by atoms with Crippen molar-refractivity contribution in [2.24, 2.45) is 5.92 Å². The molecule has 2 heterocycles. The van der Waals surface area contributed by atoms with E-state index in [0.29, 0.717) is 36.7 Å². The van der Waals surface area contributed by atoms with Gasteiger partial charge in [0.1, 0.15) is 5.82 Å². The van der Waals surface area contributed by atoms with Gasteiger partial charge >= 0.3 is 0 Å². The Morgan fingerprint density at radius 1 is 1.29 bits per heavy atom. The van der Waals surface area contributed by atoms with E-state index >= 15 is 0 Å². The lowest BCUT2D eigenvalue weighted by molar-refractivity contribution is -0.144. The van der Waals surface area contributed by atoms with Gasteiger partial charge < -0.3 is 14.2 Å². The second kappa shape index (κ2) is 8.95. The van der Waals surface area contributed by atoms with Gasteiger partial charge in [-0.25, -0.2) is 4.39 Å². The van der Waals surface area contributed by atoms with E-state index in [4.69, 9.17) is 4.42 Å². The maximum Gasteiger partial charge on any atom is 0.235 e. The molecule has 1 atom stereocenters. The van der Waals surface area contributed by atoms with E-state index in [1.165, 1.54) is 6.07 Å². The summed E-state index contributed by atoms with van der Waals surface area (Å²) < 4.78 is 19.5. The van der Waals surface area contributed by atoms with Crippen LogP contribution in [0.4, 0.5) is 4.39 Å². The summed E-state index contributed by atoms with van der Waals surface area (Å²) in [5, 5.41) is 7.91. The summed E-state index contributed by atoms with van der Waals surface area (Å²) in [6, 6.07) is 6.39. The van der Waals surface area contributed by atoms with Crippen molar-refractivity contribution in [1.82, 2.24) is 20.0 Å². The van der Waals surface area contributed by atoms with Gasteiger partial charge in [0.15, 0.2) is 0 Å². The third-order valence-corrected chi connectivity index (χ3v) is 5.00. The van der Waals surface area contributed by atoms with Gasteiger partial charge in [0.25, 0.3) is 0 Å². The summed E-state index contributed by atoms with van der Waals surface area (Å²) in [5.74, 6) is 0.171. The molecule has 0 saturated carbocycles. The van der Waals surface area contributed by atoms with Crippen LogP contribution in [-0.2, 0) is 29.1 Å². The topological polar surface area (TPSA) is 79.5 Å². The molecule has 1 aromatic heterocycles. The lowest BCUT2D eigenvalue weighted by atomic mass is 9.95. The first-order valence-electron chi connectivity index (χ1n) is 9.63. The zero-order chi connectivity index (χ0) is 20.1. The Morgan fingerprint density at radius 3 is 2.71 bits per heavy atom. The highest BCUT2D eigenvalue weighted by atomic mass is 19.1. The largest absolute Gasteiger partial charge is 0.423 e. The van der Waals surface area contributed by atoms with Crippen LogP contribution in [0.5, 0.6) is 0 Å². The van der Waals surface area contributed by atoms with Crippen LogP contribution < -0.4 is 0 Å². The molecule has 150 valence electrons. The number of hydrogen-bond acceptors (Lipinski definition) is 5. The SMILES string of the molecule is CCc1nnc(CN(CC)C(=O)[C@H]2CCC(=O)N(Cc3ccccc3F)C2)o1. The van der Waals surface area contributed by atoms with Crippen LogP contribution in [0.2, 0.25) is 0 Å². The molecule has 8 heteroatoms. The number of halogens is 1. The lowest BCUT2D eigenvalue weighted by Gasteiger charge is -2.34. The predicted molar refractivity (Wildman–Crippen MR) is 99.3 cm³/mol. The number of benzene rings is 1. The molecule has 0 unspecified atom stereocenters. The van der Waals surface area contributed by atoms with E-state index in [1.54, 1.807) is 28.0 Å². The molecule has 2 amide bonds. The quantitative estimate of drug-likeness (QED) is 0.728. The highest BCUT2D eigenvalue weighted by Crippen LogP contribution is 2.23. The number of nitrogens with zero attached hydrogens (tertiary/aromatic N) is 4. The molecule has 1 aliphatic heterocycles. The molecule has 3 rings (SSSR count). The van der Waals surface area contributed by atoms with Gasteiger partial charge in [-0.1, -0.05) is 25.1 Å². The van der Waals surface area contributed by atoms with Crippen LogP contribution in [0.3, 0.4) is 0 Å². The van der Waals surface area contributed by atoms with E-state index in [1.807, 2.05) is 13.8 Å². The first-order chi connectivity index (χ1) is 13.5. The summed E-state index contributed by atoms with van der Waals surface area (Å²) in [7, 11) is 0. The molecule has 1 aromatic carbocycles. The number of amides is 2. The Kier molecular flexibility index (Phi) is 6.38. The van der Waals surface area contributed by atoms with Crippen LogP contribution in [0, 0.1) is 11.7 Å². The van der Waals surface area contributed by atoms with Crippen molar-refractivity contribution >= 4 is 11.8 Å². The number of rotatable bonds is 7. The molecule has 0 spiro atoms. The van der Waals surface area contributed by atoms with Crippen molar-refractivity contribution in [1.29, 1.82) is 0 Å². The van der Waals surface area contributed by atoms with Crippen LogP contribution in [0.25, 0.3) is 0 Å². The Morgan fingerprint density at radius 2 is 2.04 bits per heavy atom. The Balaban J connectivity index is 1.66. The van der Waals surface area contributed by atoms with Gasteiger partial charge in [0.2, 0.25) is 23.6 Å². The van der Waals surface area contributed by atoms with Gasteiger partial charge in [0.05, 0.1) is 12.5 Å². The number of carbonyl (C=O) groups is 2. The van der Waals surface area contributed by atoms with Crippen molar-refractivity contribution in [3.05, 3.63) is 47.4 Å². The molecule has 28 heavy (non-hydrogen) atoms. The van der Waals surface area contributed by atoms with Crippen LogP contribution in [0.1, 0.15) is 44.0 Å². The maximum atomic E-state index is 13.9. The highest BCUT2D eigenvalue weighted by molar-refractivity contribution is 5.83. The maximum absolute atomic E-state index is 13.9. The number of aryl methyl sites for hydroxylation is 1. The van der Waals surface area contributed by atoms with Crippen LogP contribution >= 0.6 is 0 Å². The van der Waals surface area contributed by atoms with Gasteiger partial charge in [-0.3, -0.25) is 9.59 Å². The van der Waals surface area contributed by atoms with E-state index < -0.39 is 0 Å². The Bertz CT molecular complexity index is 838. The normalized spacial score (nSPS) is 17.0. The van der Waals surface area contributed by atoms with Crippen molar-refractivity contribution in [3.63, 3.8) is 0 Å². The average Bonchev–Trinajstić information content (AvgIpc) is 3.16. The third kappa shape index (κ3) is 4.55. The van der Waals surface area contributed by atoms with Crippen LogP contribution in [-0.4, -0.2) is 44.9 Å². The summed E-state index contributed by atoms with van der Waals surface area (Å²) in [6.07, 6.45) is 1.41. The molecule has 1 fully saturated rings. The predicted octanol–water partition coefficient (Wildman–Crippen LogP) is 2.56. The summed E-state index contributed by atoms with van der Waals surface area (Å²) in [4.78, 5) is 28.5. The van der Waals surface area contributed by atoms with Crippen molar-refractivity contribution in [3.8, 4) is 0 Å². The number of likely N-dealkylation sites (tertiary alicyclic amines) is 1. The summed E-state index contributed by atoms with van der Waals surface area (Å²) >= 11 is 0. The van der Waals surface area contributed by atoms with Crippen molar-refractivity contribution < 1.29 is 18.4 Å². The van der Waals surface area contributed by atoms with Gasteiger partial charge in [-0.05, 0) is 19.4 Å². The minimum atomic E-state index is -0.345. The number of aromatic nitrogens is 2. The fourth-order valence-electron chi connectivity index (χ4n) is 3.36. The zero-order valence-corrected chi connectivity index (χ0v) is 16.2. The third-order valence-electron chi connectivity index (χ3n) is 5.00. The first kappa shape index (κ1) is 20.0.